The van der Waals surface area contributed by atoms with Crippen LogP contribution in [0.2, 0.25) is 0 Å². The molecule has 1 fully saturated rings. The highest BCUT2D eigenvalue weighted by Gasteiger charge is 2.28. The summed E-state index contributed by atoms with van der Waals surface area (Å²) in [5.74, 6) is 0. The first-order valence-electron chi connectivity index (χ1n) is 7.71. The van der Waals surface area contributed by atoms with Crippen LogP contribution in [0.5, 0.6) is 0 Å². The third-order valence-corrected chi connectivity index (χ3v) is 4.59. The van der Waals surface area contributed by atoms with Crippen molar-refractivity contribution in [3.63, 3.8) is 0 Å². The minimum absolute atomic E-state index is 0.0346. The summed E-state index contributed by atoms with van der Waals surface area (Å²) in [5, 5.41) is 2.52. The minimum Gasteiger partial charge on any atom is -0.377 e. The van der Waals surface area contributed by atoms with E-state index < -0.39 is 0 Å². The number of nitrogens with two attached hydrogens (primary N) is 1. The minimum atomic E-state index is 0.0346. The smallest absolute Gasteiger partial charge is 0.0702 e. The molecular weight excluding hydrogens is 260 g/mol. The molecule has 3 heteroatoms. The average Bonchev–Trinajstić information content (AvgIpc) is 2.93. The summed E-state index contributed by atoms with van der Waals surface area (Å²) >= 11 is 0. The molecule has 0 spiro atoms. The molecule has 1 aliphatic rings. The largest absolute Gasteiger partial charge is 0.377 e. The van der Waals surface area contributed by atoms with E-state index in [1.165, 1.54) is 16.3 Å². The van der Waals surface area contributed by atoms with Crippen LogP contribution in [0.15, 0.2) is 42.5 Å². The Kier molecular flexibility index (Phi) is 4.24. The maximum absolute atomic E-state index is 6.42. The number of ether oxygens (including phenoxy) is 1. The van der Waals surface area contributed by atoms with Gasteiger partial charge >= 0.3 is 0 Å². The number of likely N-dealkylation sites (N-methyl/N-ethyl adjacent to an activating group) is 1. The summed E-state index contributed by atoms with van der Waals surface area (Å²) in [6.07, 6.45) is 1.40. The molecule has 0 bridgehead atoms. The van der Waals surface area contributed by atoms with Gasteiger partial charge in [-0.05, 0) is 42.8 Å². The number of benzene rings is 2. The highest BCUT2D eigenvalue weighted by Crippen LogP contribution is 2.23. The van der Waals surface area contributed by atoms with Crippen LogP contribution in [-0.4, -0.2) is 37.2 Å². The molecule has 2 aromatic rings. The van der Waals surface area contributed by atoms with Crippen LogP contribution < -0.4 is 5.73 Å². The third-order valence-electron chi connectivity index (χ3n) is 4.59. The van der Waals surface area contributed by atoms with E-state index >= 15 is 0 Å². The molecule has 0 aromatic heterocycles. The van der Waals surface area contributed by atoms with Gasteiger partial charge < -0.3 is 10.5 Å². The van der Waals surface area contributed by atoms with Crippen LogP contribution in [0.1, 0.15) is 24.9 Å². The third kappa shape index (κ3) is 3.10. The summed E-state index contributed by atoms with van der Waals surface area (Å²) in [6, 6.07) is 15.4. The monoisotopic (exact) mass is 284 g/mol. The fourth-order valence-electron chi connectivity index (χ4n) is 3.29. The lowest BCUT2D eigenvalue weighted by Gasteiger charge is -2.29. The molecule has 3 nitrogen and oxygen atoms in total. The fraction of sp³-hybridized carbons (Fsp3) is 0.444. The molecule has 1 saturated heterocycles. The second kappa shape index (κ2) is 6.14. The highest BCUT2D eigenvalue weighted by molar-refractivity contribution is 5.83. The lowest BCUT2D eigenvalue weighted by molar-refractivity contribution is 0.0818. The molecule has 0 aliphatic carbocycles. The molecule has 0 radical (unpaired) electrons. The van der Waals surface area contributed by atoms with E-state index in [0.717, 1.165) is 19.6 Å². The van der Waals surface area contributed by atoms with Gasteiger partial charge in [-0.3, -0.25) is 4.90 Å². The Hall–Kier alpha value is -1.42. The van der Waals surface area contributed by atoms with Crippen LogP contribution in [0.25, 0.3) is 10.8 Å². The lowest BCUT2D eigenvalue weighted by Crippen LogP contribution is -2.40. The van der Waals surface area contributed by atoms with Crippen molar-refractivity contribution < 1.29 is 4.74 Å². The van der Waals surface area contributed by atoms with Gasteiger partial charge in [-0.2, -0.15) is 0 Å². The zero-order valence-corrected chi connectivity index (χ0v) is 12.8. The number of hydrogen-bond donors (Lipinski definition) is 1. The summed E-state index contributed by atoms with van der Waals surface area (Å²) in [6.45, 7) is 3.87. The quantitative estimate of drug-likeness (QED) is 0.938. The first-order chi connectivity index (χ1) is 10.1. The number of nitrogens with zero attached hydrogens (tertiary/aromatic N) is 1. The van der Waals surface area contributed by atoms with Crippen molar-refractivity contribution in [2.75, 3.05) is 20.2 Å². The Morgan fingerprint density at radius 3 is 2.71 bits per heavy atom. The van der Waals surface area contributed by atoms with Crippen LogP contribution >= 0.6 is 0 Å². The zero-order chi connectivity index (χ0) is 14.8. The molecule has 0 amide bonds. The molecule has 2 aromatic carbocycles. The number of fused-ring (bicyclic) bond motifs is 1. The topological polar surface area (TPSA) is 38.5 Å². The van der Waals surface area contributed by atoms with Gasteiger partial charge in [0.2, 0.25) is 0 Å². The SMILES string of the molecule is CC1OCCC1N(C)CC(N)c1ccc2ccccc2c1. The molecule has 3 atom stereocenters. The Bertz CT molecular complexity index is 613. The Balaban J connectivity index is 1.72. The Morgan fingerprint density at radius 2 is 2.00 bits per heavy atom. The van der Waals surface area contributed by atoms with E-state index in [1.807, 2.05) is 0 Å². The predicted molar refractivity (Wildman–Crippen MR) is 87.3 cm³/mol. The first-order valence-corrected chi connectivity index (χ1v) is 7.71. The van der Waals surface area contributed by atoms with Crippen LogP contribution in [-0.2, 0) is 4.74 Å². The molecule has 3 unspecified atom stereocenters. The predicted octanol–water partition coefficient (Wildman–Crippen LogP) is 2.95. The van der Waals surface area contributed by atoms with Crippen LogP contribution in [0, 0.1) is 0 Å². The van der Waals surface area contributed by atoms with E-state index in [-0.39, 0.29) is 6.04 Å². The fourth-order valence-corrected chi connectivity index (χ4v) is 3.29. The summed E-state index contributed by atoms with van der Waals surface area (Å²) in [4.78, 5) is 2.34. The Morgan fingerprint density at radius 1 is 1.24 bits per heavy atom. The summed E-state index contributed by atoms with van der Waals surface area (Å²) < 4.78 is 5.65. The number of rotatable bonds is 4. The molecule has 2 N–H and O–H groups in total. The van der Waals surface area contributed by atoms with E-state index in [1.54, 1.807) is 0 Å². The van der Waals surface area contributed by atoms with Gasteiger partial charge in [0.1, 0.15) is 0 Å². The van der Waals surface area contributed by atoms with Crippen molar-refractivity contribution >= 4 is 10.8 Å². The second-order valence-corrected chi connectivity index (χ2v) is 6.08. The Labute approximate surface area is 126 Å². The average molecular weight is 284 g/mol. The molecule has 3 rings (SSSR count). The number of hydrogen-bond acceptors (Lipinski definition) is 3. The van der Waals surface area contributed by atoms with Crippen LogP contribution in [0.3, 0.4) is 0 Å². The van der Waals surface area contributed by atoms with Gasteiger partial charge in [-0.1, -0.05) is 36.4 Å². The van der Waals surface area contributed by atoms with Crippen molar-refractivity contribution in [2.24, 2.45) is 5.73 Å². The van der Waals surface area contributed by atoms with Gasteiger partial charge in [-0.25, -0.2) is 0 Å². The van der Waals surface area contributed by atoms with Crippen molar-refractivity contribution in [2.45, 2.75) is 31.5 Å². The maximum Gasteiger partial charge on any atom is 0.0702 e. The standard InChI is InChI=1S/C18H24N2O/c1-13-18(9-10-21-13)20(2)12-17(19)16-8-7-14-5-3-4-6-15(14)11-16/h3-8,11,13,17-18H,9-10,12,19H2,1-2H3. The molecule has 1 heterocycles. The molecule has 112 valence electrons. The van der Waals surface area contributed by atoms with Crippen molar-refractivity contribution in [3.8, 4) is 0 Å². The zero-order valence-electron chi connectivity index (χ0n) is 12.8. The van der Waals surface area contributed by atoms with Gasteiger partial charge in [0.25, 0.3) is 0 Å². The normalized spacial score (nSPS) is 23.8. The summed E-state index contributed by atoms with van der Waals surface area (Å²) in [5.41, 5.74) is 7.62. The highest BCUT2D eigenvalue weighted by atomic mass is 16.5. The molecular formula is C18H24N2O. The van der Waals surface area contributed by atoms with E-state index in [0.29, 0.717) is 12.1 Å². The van der Waals surface area contributed by atoms with Crippen LogP contribution in [0.4, 0.5) is 0 Å². The van der Waals surface area contributed by atoms with E-state index in [2.05, 4.69) is 61.3 Å². The molecule has 0 saturated carbocycles. The van der Waals surface area contributed by atoms with Gasteiger partial charge in [0.15, 0.2) is 0 Å². The van der Waals surface area contributed by atoms with Crippen molar-refractivity contribution in [1.29, 1.82) is 0 Å². The maximum atomic E-state index is 6.42. The lowest BCUT2D eigenvalue weighted by atomic mass is 10.0. The van der Waals surface area contributed by atoms with Gasteiger partial charge in [-0.15, -0.1) is 0 Å². The van der Waals surface area contributed by atoms with E-state index in [4.69, 9.17) is 10.5 Å². The molecule has 1 aliphatic heterocycles. The van der Waals surface area contributed by atoms with Crippen molar-refractivity contribution in [3.05, 3.63) is 48.0 Å². The van der Waals surface area contributed by atoms with Gasteiger partial charge in [0, 0.05) is 25.2 Å². The van der Waals surface area contributed by atoms with E-state index in [9.17, 15) is 0 Å². The summed E-state index contributed by atoms with van der Waals surface area (Å²) in [7, 11) is 2.15. The first kappa shape index (κ1) is 14.5. The van der Waals surface area contributed by atoms with Gasteiger partial charge in [0.05, 0.1) is 6.10 Å². The molecule has 21 heavy (non-hydrogen) atoms. The second-order valence-electron chi connectivity index (χ2n) is 6.08. The van der Waals surface area contributed by atoms with Crippen molar-refractivity contribution in [1.82, 2.24) is 4.90 Å².